The molecule has 0 aromatic carbocycles. The van der Waals surface area contributed by atoms with E-state index in [0.717, 1.165) is 25.7 Å². The van der Waals surface area contributed by atoms with Crippen molar-refractivity contribution < 1.29 is 17.3 Å². The maximum absolute atomic E-state index is 12.6. The van der Waals surface area contributed by atoms with Gasteiger partial charge in [-0.2, -0.15) is 0 Å². The second-order valence-electron chi connectivity index (χ2n) is 5.54. The average Bonchev–Trinajstić information content (AvgIpc) is 3.10. The van der Waals surface area contributed by atoms with Crippen LogP contribution in [0.15, 0.2) is 0 Å². The van der Waals surface area contributed by atoms with E-state index in [9.17, 15) is 8.42 Å². The second kappa shape index (κ2) is 6.61. The van der Waals surface area contributed by atoms with Gasteiger partial charge in [0.2, 0.25) is 0 Å². The fourth-order valence-corrected chi connectivity index (χ4v) is 5.70. The van der Waals surface area contributed by atoms with Crippen LogP contribution in [0.5, 0.6) is 0 Å². The van der Waals surface area contributed by atoms with E-state index in [1.165, 1.54) is 0 Å². The van der Waals surface area contributed by atoms with Gasteiger partial charge in [-0.1, -0.05) is 6.92 Å². The summed E-state index contributed by atoms with van der Waals surface area (Å²) in [5, 5.41) is -0.232. The van der Waals surface area contributed by atoms with Crippen molar-refractivity contribution in [3.63, 3.8) is 0 Å². The molecular formula is C12H22O4PS2-. The molecule has 0 N–H and O–H groups in total. The van der Waals surface area contributed by atoms with E-state index in [1.54, 1.807) is 0 Å². The van der Waals surface area contributed by atoms with E-state index in [0.29, 0.717) is 37.1 Å². The monoisotopic (exact) mass is 325 g/mol. The zero-order chi connectivity index (χ0) is 13.9. The predicted octanol–water partition coefficient (Wildman–Crippen LogP) is 2.35. The Bertz CT molecular complexity index is 447. The molecule has 4 nitrogen and oxygen atoms in total. The molecule has 0 unspecified atom stereocenters. The Morgan fingerprint density at radius 3 is 2.58 bits per heavy atom. The predicted molar refractivity (Wildman–Crippen MR) is 80.2 cm³/mol. The summed E-state index contributed by atoms with van der Waals surface area (Å²) in [6.07, 6.45) is 4.89. The van der Waals surface area contributed by atoms with E-state index in [-0.39, 0.29) is 11.4 Å². The Morgan fingerprint density at radius 2 is 2.05 bits per heavy atom. The molecule has 2 rings (SSSR count). The van der Waals surface area contributed by atoms with Gasteiger partial charge in [-0.15, -0.1) is 0 Å². The molecule has 0 aromatic heterocycles. The van der Waals surface area contributed by atoms with Crippen LogP contribution in [0, 0.1) is 0 Å². The van der Waals surface area contributed by atoms with Crippen LogP contribution in [0.25, 0.3) is 0 Å². The zero-order valence-electron chi connectivity index (χ0n) is 11.2. The number of rotatable bonds is 8. The molecular weight excluding hydrogens is 303 g/mol. The van der Waals surface area contributed by atoms with Crippen molar-refractivity contribution in [3.8, 4) is 0 Å². The Hall–Kier alpha value is 0.650. The van der Waals surface area contributed by atoms with Gasteiger partial charge < -0.3 is 0 Å². The zero-order valence-corrected chi connectivity index (χ0v) is 13.9. The number of sulfone groups is 1. The first kappa shape index (κ1) is 16.0. The summed E-state index contributed by atoms with van der Waals surface area (Å²) in [6.45, 7) is 3.15. The first-order valence-corrected chi connectivity index (χ1v) is 10.4. The van der Waals surface area contributed by atoms with E-state index in [4.69, 9.17) is 8.92 Å². The SMILES string of the molecule is CCCCOCC1(S(=O)(=O)C2CC(O[SH-]#P)C2)CC1. The Morgan fingerprint density at radius 1 is 1.37 bits per heavy atom. The van der Waals surface area contributed by atoms with Gasteiger partial charge in [0.1, 0.15) is 0 Å². The third-order valence-corrected chi connectivity index (χ3v) is 7.78. The number of ether oxygens (including phenoxy) is 1. The third-order valence-electron chi connectivity index (χ3n) is 4.11. The van der Waals surface area contributed by atoms with Crippen LogP contribution in [-0.4, -0.2) is 37.7 Å². The molecule has 0 aromatic rings. The number of unbranched alkanes of at least 4 members (excludes halogenated alkanes) is 1. The minimum absolute atomic E-state index is 0.0655. The summed E-state index contributed by atoms with van der Waals surface area (Å²) >= 11 is 0.581. The molecule has 0 spiro atoms. The summed E-state index contributed by atoms with van der Waals surface area (Å²) < 4.78 is 35.4. The van der Waals surface area contributed by atoms with Crippen molar-refractivity contribution in [1.82, 2.24) is 0 Å². The van der Waals surface area contributed by atoms with Crippen molar-refractivity contribution in [3.05, 3.63) is 0 Å². The van der Waals surface area contributed by atoms with Gasteiger partial charge in [-0.25, -0.2) is 0 Å². The average molecular weight is 325 g/mol. The van der Waals surface area contributed by atoms with Gasteiger partial charge in [0.15, 0.2) is 0 Å². The van der Waals surface area contributed by atoms with E-state index < -0.39 is 14.6 Å². The second-order valence-corrected chi connectivity index (χ2v) is 9.02. The van der Waals surface area contributed by atoms with Crippen LogP contribution in [0.3, 0.4) is 0 Å². The number of thiol groups is 1. The van der Waals surface area contributed by atoms with Gasteiger partial charge in [-0.05, 0) is 0 Å². The molecule has 0 atom stereocenters. The standard InChI is InChI=1S/C12H22O4PS2/c1-2-3-6-15-9-12(4-5-12)19(13,14)11-7-10(8-11)16-18-17/h10-11,18H,2-9H2,1H3/q-1. The van der Waals surface area contributed by atoms with Crippen molar-refractivity contribution in [2.24, 2.45) is 0 Å². The maximum atomic E-state index is 12.6. The van der Waals surface area contributed by atoms with Crippen LogP contribution in [0.2, 0.25) is 0 Å². The molecule has 7 heteroatoms. The first-order chi connectivity index (χ1) is 9.05. The van der Waals surface area contributed by atoms with Crippen molar-refractivity contribution in [2.45, 2.75) is 61.5 Å². The molecule has 2 aliphatic rings. The molecule has 0 radical (unpaired) electrons. The molecule has 0 bridgehead atoms. The van der Waals surface area contributed by atoms with Gasteiger partial charge >= 0.3 is 114 Å². The summed E-state index contributed by atoms with van der Waals surface area (Å²) in [6, 6.07) is 0. The van der Waals surface area contributed by atoms with Crippen LogP contribution >= 0.6 is 7.81 Å². The quantitative estimate of drug-likeness (QED) is 0.297. The topological polar surface area (TPSA) is 52.6 Å². The molecule has 0 saturated heterocycles. The fraction of sp³-hybridized carbons (Fsp3) is 1.00. The number of hydrogen-bond acceptors (Lipinski definition) is 5. The van der Waals surface area contributed by atoms with E-state index in [1.807, 2.05) is 0 Å². The third kappa shape index (κ3) is 3.46. The normalized spacial score (nSPS) is 28.8. The summed E-state index contributed by atoms with van der Waals surface area (Å²) in [7, 11) is 0.904. The Balaban J connectivity index is 1.85. The van der Waals surface area contributed by atoms with E-state index in [2.05, 4.69) is 14.7 Å². The summed E-state index contributed by atoms with van der Waals surface area (Å²) in [5.74, 6) is 0. The van der Waals surface area contributed by atoms with Gasteiger partial charge in [0.05, 0.1) is 0 Å². The molecule has 19 heavy (non-hydrogen) atoms. The minimum atomic E-state index is -3.06. The molecule has 0 aliphatic heterocycles. The first-order valence-electron chi connectivity index (χ1n) is 6.87. The van der Waals surface area contributed by atoms with Crippen molar-refractivity contribution in [1.29, 1.82) is 0 Å². The summed E-state index contributed by atoms with van der Waals surface area (Å²) in [5.41, 5.74) is 0. The van der Waals surface area contributed by atoms with Crippen LogP contribution in [0.1, 0.15) is 45.4 Å². The molecule has 2 fully saturated rings. The van der Waals surface area contributed by atoms with Crippen LogP contribution < -0.4 is 0 Å². The van der Waals surface area contributed by atoms with Gasteiger partial charge in [0.25, 0.3) is 0 Å². The number of hydrogen-bond donors (Lipinski definition) is 0. The van der Waals surface area contributed by atoms with Crippen molar-refractivity contribution >= 4 is 28.7 Å². The molecule has 112 valence electrons. The summed E-state index contributed by atoms with van der Waals surface area (Å²) in [4.78, 5) is 0. The van der Waals surface area contributed by atoms with Crippen molar-refractivity contribution in [2.75, 3.05) is 13.2 Å². The Kier molecular flexibility index (Phi) is 5.58. The molecule has 0 amide bonds. The van der Waals surface area contributed by atoms with Gasteiger partial charge in [0, 0.05) is 0 Å². The van der Waals surface area contributed by atoms with Crippen LogP contribution in [-0.2, 0) is 29.8 Å². The molecule has 0 heterocycles. The van der Waals surface area contributed by atoms with Gasteiger partial charge in [-0.3, -0.25) is 0 Å². The van der Waals surface area contributed by atoms with Crippen LogP contribution in [0.4, 0.5) is 0 Å². The molecule has 2 saturated carbocycles. The molecule has 2 aliphatic carbocycles. The fourth-order valence-electron chi connectivity index (χ4n) is 2.43. The van der Waals surface area contributed by atoms with E-state index >= 15 is 0 Å². The Labute approximate surface area is 121 Å².